The van der Waals surface area contributed by atoms with Gasteiger partial charge in [-0.1, -0.05) is 6.07 Å². The number of hydrogen-bond acceptors (Lipinski definition) is 4. The average molecular weight is 278 g/mol. The molecule has 1 aliphatic heterocycles. The van der Waals surface area contributed by atoms with E-state index in [0.29, 0.717) is 39.2 Å². The number of anilines is 1. The van der Waals surface area contributed by atoms with Crippen LogP contribution in [-0.2, 0) is 9.53 Å². The second-order valence-corrected chi connectivity index (χ2v) is 5.01. The Hall–Kier alpha value is -1.59. The van der Waals surface area contributed by atoms with Crippen molar-refractivity contribution in [2.45, 2.75) is 19.8 Å². The lowest BCUT2D eigenvalue weighted by Crippen LogP contribution is -2.46. The van der Waals surface area contributed by atoms with Gasteiger partial charge >= 0.3 is 0 Å². The molecule has 20 heavy (non-hydrogen) atoms. The van der Waals surface area contributed by atoms with Gasteiger partial charge in [0.25, 0.3) is 0 Å². The molecule has 1 amide bonds. The maximum Gasteiger partial charge on any atom is 0.232 e. The zero-order chi connectivity index (χ0) is 14.4. The van der Waals surface area contributed by atoms with Crippen LogP contribution in [0, 0.1) is 5.41 Å². The molecule has 0 radical (unpaired) electrons. The summed E-state index contributed by atoms with van der Waals surface area (Å²) in [6.07, 6.45) is 1.33. The number of ether oxygens (including phenoxy) is 2. The first kappa shape index (κ1) is 14.8. The van der Waals surface area contributed by atoms with Crippen molar-refractivity contribution in [1.82, 2.24) is 0 Å². The third kappa shape index (κ3) is 3.29. The van der Waals surface area contributed by atoms with Gasteiger partial charge in [-0.15, -0.1) is 0 Å². The highest BCUT2D eigenvalue weighted by atomic mass is 16.5. The number of nitrogens with one attached hydrogen (secondary N) is 1. The van der Waals surface area contributed by atoms with Crippen LogP contribution in [0.4, 0.5) is 5.69 Å². The number of nitrogens with two attached hydrogens (primary N) is 1. The van der Waals surface area contributed by atoms with Gasteiger partial charge in [0, 0.05) is 31.5 Å². The summed E-state index contributed by atoms with van der Waals surface area (Å²) in [5.74, 6) is 0.719. The van der Waals surface area contributed by atoms with Crippen molar-refractivity contribution < 1.29 is 14.3 Å². The zero-order valence-corrected chi connectivity index (χ0v) is 11.9. The first-order valence-electron chi connectivity index (χ1n) is 7.02. The SMILES string of the molecule is CCOc1cccc(NC(=O)C2(CN)CCOCC2)c1. The Morgan fingerprint density at radius 1 is 1.45 bits per heavy atom. The van der Waals surface area contributed by atoms with Crippen LogP contribution in [0.25, 0.3) is 0 Å². The van der Waals surface area contributed by atoms with Gasteiger partial charge < -0.3 is 20.5 Å². The molecule has 110 valence electrons. The Bertz CT molecular complexity index is 456. The number of carbonyl (C=O) groups excluding carboxylic acids is 1. The molecule has 0 unspecified atom stereocenters. The van der Waals surface area contributed by atoms with Crippen molar-refractivity contribution in [3.63, 3.8) is 0 Å². The van der Waals surface area contributed by atoms with Crippen molar-refractivity contribution in [1.29, 1.82) is 0 Å². The molecule has 0 bridgehead atoms. The monoisotopic (exact) mass is 278 g/mol. The smallest absolute Gasteiger partial charge is 0.232 e. The zero-order valence-electron chi connectivity index (χ0n) is 11.9. The minimum absolute atomic E-state index is 0.0306. The molecule has 0 aromatic heterocycles. The Morgan fingerprint density at radius 2 is 2.20 bits per heavy atom. The summed E-state index contributed by atoms with van der Waals surface area (Å²) in [7, 11) is 0. The molecule has 1 aromatic rings. The second-order valence-electron chi connectivity index (χ2n) is 5.01. The number of rotatable bonds is 5. The molecule has 0 aliphatic carbocycles. The van der Waals surface area contributed by atoms with Crippen molar-refractivity contribution in [3.05, 3.63) is 24.3 Å². The van der Waals surface area contributed by atoms with Gasteiger partial charge in [-0.05, 0) is 31.9 Å². The summed E-state index contributed by atoms with van der Waals surface area (Å²) in [6.45, 7) is 4.04. The van der Waals surface area contributed by atoms with Crippen LogP contribution in [0.15, 0.2) is 24.3 Å². The summed E-state index contributed by atoms with van der Waals surface area (Å²) < 4.78 is 10.8. The van der Waals surface area contributed by atoms with E-state index in [0.717, 1.165) is 11.4 Å². The van der Waals surface area contributed by atoms with E-state index >= 15 is 0 Å². The highest BCUT2D eigenvalue weighted by Crippen LogP contribution is 2.31. The highest BCUT2D eigenvalue weighted by molar-refractivity contribution is 5.95. The number of hydrogen-bond donors (Lipinski definition) is 2. The van der Waals surface area contributed by atoms with E-state index in [1.165, 1.54) is 0 Å². The summed E-state index contributed by atoms with van der Waals surface area (Å²) in [6, 6.07) is 7.40. The van der Waals surface area contributed by atoms with Gasteiger partial charge in [0.05, 0.1) is 12.0 Å². The van der Waals surface area contributed by atoms with Gasteiger partial charge in [0.1, 0.15) is 5.75 Å². The van der Waals surface area contributed by atoms with Crippen molar-refractivity contribution >= 4 is 11.6 Å². The molecular formula is C15H22N2O3. The summed E-state index contributed by atoms with van der Waals surface area (Å²) in [4.78, 5) is 12.5. The minimum Gasteiger partial charge on any atom is -0.494 e. The molecule has 1 saturated heterocycles. The first-order valence-corrected chi connectivity index (χ1v) is 7.02. The standard InChI is InChI=1S/C15H22N2O3/c1-2-20-13-5-3-4-12(10-13)17-14(18)15(11-16)6-8-19-9-7-15/h3-5,10H,2,6-9,11,16H2,1H3,(H,17,18). The number of amides is 1. The van der Waals surface area contributed by atoms with Crippen molar-refractivity contribution in [3.8, 4) is 5.75 Å². The van der Waals surface area contributed by atoms with Gasteiger partial charge in [0.2, 0.25) is 5.91 Å². The van der Waals surface area contributed by atoms with Gasteiger partial charge in [-0.3, -0.25) is 4.79 Å². The summed E-state index contributed by atoms with van der Waals surface area (Å²) in [5.41, 5.74) is 6.05. The maximum absolute atomic E-state index is 12.5. The first-order chi connectivity index (χ1) is 9.70. The Balaban J connectivity index is 2.08. The van der Waals surface area contributed by atoms with Crippen LogP contribution in [0.2, 0.25) is 0 Å². The molecule has 0 saturated carbocycles. The lowest BCUT2D eigenvalue weighted by Gasteiger charge is -2.34. The lowest BCUT2D eigenvalue weighted by atomic mass is 9.79. The predicted molar refractivity (Wildman–Crippen MR) is 77.8 cm³/mol. The van der Waals surface area contributed by atoms with Gasteiger partial charge in [-0.2, -0.15) is 0 Å². The van der Waals surface area contributed by atoms with Gasteiger partial charge in [0.15, 0.2) is 0 Å². The van der Waals surface area contributed by atoms with Crippen LogP contribution in [0.1, 0.15) is 19.8 Å². The Kier molecular flexibility index (Phi) is 4.98. The molecular weight excluding hydrogens is 256 g/mol. The van der Waals surface area contributed by atoms with Crippen LogP contribution in [0.5, 0.6) is 5.75 Å². The van der Waals surface area contributed by atoms with Crippen LogP contribution < -0.4 is 15.8 Å². The molecule has 1 aliphatic rings. The molecule has 2 rings (SSSR count). The van der Waals surface area contributed by atoms with E-state index in [9.17, 15) is 4.79 Å². The van der Waals surface area contributed by atoms with Gasteiger partial charge in [-0.25, -0.2) is 0 Å². The Labute approximate surface area is 119 Å². The van der Waals surface area contributed by atoms with Crippen LogP contribution in [-0.4, -0.2) is 32.3 Å². The number of benzene rings is 1. The Morgan fingerprint density at radius 3 is 2.85 bits per heavy atom. The second kappa shape index (κ2) is 6.72. The van der Waals surface area contributed by atoms with E-state index in [4.69, 9.17) is 15.2 Å². The summed E-state index contributed by atoms with van der Waals surface area (Å²) in [5, 5.41) is 2.95. The molecule has 1 aromatic carbocycles. The quantitative estimate of drug-likeness (QED) is 0.861. The summed E-state index contributed by atoms with van der Waals surface area (Å²) >= 11 is 0. The number of carbonyl (C=O) groups is 1. The van der Waals surface area contributed by atoms with E-state index in [-0.39, 0.29) is 5.91 Å². The highest BCUT2D eigenvalue weighted by Gasteiger charge is 2.38. The van der Waals surface area contributed by atoms with E-state index < -0.39 is 5.41 Å². The minimum atomic E-state index is -0.514. The fourth-order valence-electron chi connectivity index (χ4n) is 2.38. The predicted octanol–water partition coefficient (Wildman–Crippen LogP) is 1.78. The van der Waals surface area contributed by atoms with E-state index in [2.05, 4.69) is 5.32 Å². The molecule has 1 heterocycles. The third-order valence-electron chi connectivity index (χ3n) is 3.73. The molecule has 0 spiro atoms. The van der Waals surface area contributed by atoms with Crippen LogP contribution >= 0.6 is 0 Å². The molecule has 0 atom stereocenters. The molecule has 1 fully saturated rings. The molecule has 5 heteroatoms. The normalized spacial score (nSPS) is 17.5. The lowest BCUT2D eigenvalue weighted by molar-refractivity contribution is -0.130. The largest absolute Gasteiger partial charge is 0.494 e. The van der Waals surface area contributed by atoms with Crippen molar-refractivity contribution in [2.24, 2.45) is 11.1 Å². The van der Waals surface area contributed by atoms with Crippen molar-refractivity contribution in [2.75, 3.05) is 31.7 Å². The molecule has 5 nitrogen and oxygen atoms in total. The van der Waals surface area contributed by atoms with Crippen LogP contribution in [0.3, 0.4) is 0 Å². The molecule has 3 N–H and O–H groups in total. The average Bonchev–Trinajstić information content (AvgIpc) is 2.48. The van der Waals surface area contributed by atoms with E-state index in [1.807, 2.05) is 31.2 Å². The topological polar surface area (TPSA) is 73.6 Å². The fourth-order valence-corrected chi connectivity index (χ4v) is 2.38. The fraction of sp³-hybridized carbons (Fsp3) is 0.533. The maximum atomic E-state index is 12.5. The third-order valence-corrected chi connectivity index (χ3v) is 3.73. The van der Waals surface area contributed by atoms with E-state index in [1.54, 1.807) is 0 Å².